The Balaban J connectivity index is 1.61. The van der Waals surface area contributed by atoms with Gasteiger partial charge in [-0.1, -0.05) is 59.1 Å². The smallest absolute Gasteiger partial charge is 0.283 e. The Hall–Kier alpha value is -3.32. The van der Waals surface area contributed by atoms with Crippen molar-refractivity contribution in [3.05, 3.63) is 98.6 Å². The van der Waals surface area contributed by atoms with Crippen LogP contribution in [0.5, 0.6) is 0 Å². The number of rotatable bonds is 6. The molecule has 0 fully saturated rings. The highest BCUT2D eigenvalue weighted by atomic mass is 35.5. The summed E-state index contributed by atoms with van der Waals surface area (Å²) in [6, 6.07) is 18.9. The first kappa shape index (κ1) is 24.8. The largest absolute Gasteiger partial charge is 0.350 e. The Bertz CT molecular complexity index is 1390. The van der Waals surface area contributed by atoms with E-state index in [0.717, 1.165) is 16.2 Å². The van der Waals surface area contributed by atoms with E-state index in [9.17, 15) is 14.4 Å². The fourth-order valence-electron chi connectivity index (χ4n) is 3.76. The maximum Gasteiger partial charge on any atom is 0.283 e. The zero-order valence-corrected chi connectivity index (χ0v) is 21.1. The first-order valence-electron chi connectivity index (χ1n) is 10.7. The highest BCUT2D eigenvalue weighted by Gasteiger charge is 2.40. The predicted molar refractivity (Wildman–Crippen MR) is 140 cm³/mol. The van der Waals surface area contributed by atoms with Gasteiger partial charge < -0.3 is 10.2 Å². The van der Waals surface area contributed by atoms with E-state index in [1.165, 1.54) is 6.07 Å². The SMILES string of the molecule is CCN(C(=O)c1cccc(NC2=C(Cl)C(=O)N(c3cccc(Cl)c3Cl)C2=O)c1)c1cccc(C)c1. The molecule has 3 aromatic rings. The van der Waals surface area contributed by atoms with Gasteiger partial charge in [0.05, 0.1) is 15.7 Å². The van der Waals surface area contributed by atoms with E-state index in [-0.39, 0.29) is 32.4 Å². The third-order valence-electron chi connectivity index (χ3n) is 5.45. The molecule has 0 saturated heterocycles. The number of nitrogens with zero attached hydrogens (tertiary/aromatic N) is 2. The fourth-order valence-corrected chi connectivity index (χ4v) is 4.36. The lowest BCUT2D eigenvalue weighted by Gasteiger charge is -2.22. The van der Waals surface area contributed by atoms with E-state index in [1.54, 1.807) is 41.3 Å². The maximum atomic E-state index is 13.3. The third kappa shape index (κ3) is 4.78. The van der Waals surface area contributed by atoms with E-state index < -0.39 is 11.8 Å². The molecule has 178 valence electrons. The van der Waals surface area contributed by atoms with Gasteiger partial charge in [0.25, 0.3) is 17.7 Å². The summed E-state index contributed by atoms with van der Waals surface area (Å²) in [5.41, 5.74) is 2.66. The minimum atomic E-state index is -0.729. The summed E-state index contributed by atoms with van der Waals surface area (Å²) in [5, 5.41) is 2.86. The second kappa shape index (κ2) is 10.1. The molecule has 0 aromatic heterocycles. The van der Waals surface area contributed by atoms with Crippen molar-refractivity contribution < 1.29 is 14.4 Å². The van der Waals surface area contributed by atoms with Crippen molar-refractivity contribution in [3.63, 3.8) is 0 Å². The van der Waals surface area contributed by atoms with Gasteiger partial charge in [-0.05, 0) is 61.9 Å². The minimum Gasteiger partial charge on any atom is -0.350 e. The molecule has 0 aliphatic carbocycles. The molecule has 4 rings (SSSR count). The van der Waals surface area contributed by atoms with Gasteiger partial charge in [0, 0.05) is 23.5 Å². The van der Waals surface area contributed by atoms with Gasteiger partial charge in [-0.2, -0.15) is 0 Å². The molecule has 3 aromatic carbocycles. The monoisotopic (exact) mass is 527 g/mol. The van der Waals surface area contributed by atoms with Crippen molar-refractivity contribution in [1.82, 2.24) is 0 Å². The summed E-state index contributed by atoms with van der Waals surface area (Å²) in [5.74, 6) is -1.62. The number of carbonyl (C=O) groups excluding carboxylic acids is 3. The summed E-state index contributed by atoms with van der Waals surface area (Å²) in [6.07, 6.45) is 0. The van der Waals surface area contributed by atoms with Crippen molar-refractivity contribution >= 4 is 69.6 Å². The molecule has 0 atom stereocenters. The van der Waals surface area contributed by atoms with Gasteiger partial charge in [-0.25, -0.2) is 4.90 Å². The molecule has 0 bridgehead atoms. The molecule has 3 amide bonds. The van der Waals surface area contributed by atoms with Crippen molar-refractivity contribution in [2.75, 3.05) is 21.7 Å². The summed E-state index contributed by atoms with van der Waals surface area (Å²) in [7, 11) is 0. The average Bonchev–Trinajstić information content (AvgIpc) is 3.05. The van der Waals surface area contributed by atoms with Crippen LogP contribution in [-0.2, 0) is 9.59 Å². The van der Waals surface area contributed by atoms with Crippen LogP contribution in [0.3, 0.4) is 0 Å². The molecular formula is C26H20Cl3N3O3. The number of hydrogen-bond acceptors (Lipinski definition) is 4. The number of benzene rings is 3. The highest BCUT2D eigenvalue weighted by molar-refractivity contribution is 6.54. The zero-order valence-electron chi connectivity index (χ0n) is 18.8. The van der Waals surface area contributed by atoms with E-state index in [2.05, 4.69) is 5.32 Å². The Morgan fingerprint density at radius 1 is 0.943 bits per heavy atom. The second-order valence-corrected chi connectivity index (χ2v) is 8.96. The molecular weight excluding hydrogens is 509 g/mol. The van der Waals surface area contributed by atoms with Crippen LogP contribution in [0, 0.1) is 6.92 Å². The van der Waals surface area contributed by atoms with E-state index >= 15 is 0 Å². The van der Waals surface area contributed by atoms with Crippen molar-refractivity contribution in [1.29, 1.82) is 0 Å². The van der Waals surface area contributed by atoms with E-state index in [0.29, 0.717) is 17.8 Å². The molecule has 1 heterocycles. The molecule has 1 N–H and O–H groups in total. The van der Waals surface area contributed by atoms with Gasteiger partial charge in [-0.3, -0.25) is 14.4 Å². The zero-order chi connectivity index (χ0) is 25.3. The van der Waals surface area contributed by atoms with Crippen LogP contribution in [0.4, 0.5) is 17.1 Å². The lowest BCUT2D eigenvalue weighted by molar-refractivity contribution is -0.120. The van der Waals surface area contributed by atoms with Crippen molar-refractivity contribution in [3.8, 4) is 0 Å². The molecule has 1 aliphatic rings. The van der Waals surface area contributed by atoms with E-state index in [4.69, 9.17) is 34.8 Å². The lowest BCUT2D eigenvalue weighted by atomic mass is 10.1. The van der Waals surface area contributed by atoms with Gasteiger partial charge >= 0.3 is 0 Å². The van der Waals surface area contributed by atoms with Crippen LogP contribution in [0.1, 0.15) is 22.8 Å². The summed E-state index contributed by atoms with van der Waals surface area (Å²) >= 11 is 18.5. The van der Waals surface area contributed by atoms with Crippen LogP contribution >= 0.6 is 34.8 Å². The summed E-state index contributed by atoms with van der Waals surface area (Å²) in [4.78, 5) is 41.7. The lowest BCUT2D eigenvalue weighted by Crippen LogP contribution is -2.32. The number of aryl methyl sites for hydroxylation is 1. The highest BCUT2D eigenvalue weighted by Crippen LogP contribution is 2.37. The molecule has 0 radical (unpaired) electrons. The van der Waals surface area contributed by atoms with Crippen molar-refractivity contribution in [2.45, 2.75) is 13.8 Å². The maximum absolute atomic E-state index is 13.3. The first-order valence-corrected chi connectivity index (χ1v) is 11.8. The summed E-state index contributed by atoms with van der Waals surface area (Å²) in [6.45, 7) is 4.33. The number of carbonyl (C=O) groups is 3. The Morgan fingerprint density at radius 2 is 1.66 bits per heavy atom. The molecule has 0 unspecified atom stereocenters. The number of halogens is 3. The molecule has 6 nitrogen and oxygen atoms in total. The Kier molecular flexibility index (Phi) is 7.17. The standard InChI is InChI=1S/C26H20Cl3N3O3/c1-3-31(18-10-4-7-15(2)13-18)24(33)16-8-5-9-17(14-16)30-23-22(29)25(34)32(26(23)35)20-12-6-11-19(27)21(20)28/h4-14,30H,3H2,1-2H3. The predicted octanol–water partition coefficient (Wildman–Crippen LogP) is 6.40. The van der Waals surface area contributed by atoms with Crippen LogP contribution in [0.2, 0.25) is 10.0 Å². The number of amides is 3. The quantitative estimate of drug-likeness (QED) is 0.376. The third-order valence-corrected chi connectivity index (χ3v) is 6.61. The molecule has 0 saturated carbocycles. The molecule has 1 aliphatic heterocycles. The van der Waals surface area contributed by atoms with Crippen LogP contribution in [-0.4, -0.2) is 24.3 Å². The second-order valence-electron chi connectivity index (χ2n) is 7.80. The van der Waals surface area contributed by atoms with Gasteiger partial charge in [0.1, 0.15) is 10.7 Å². The average molecular weight is 529 g/mol. The molecule has 35 heavy (non-hydrogen) atoms. The Labute approximate surface area is 217 Å². The molecule has 9 heteroatoms. The number of imide groups is 1. The first-order chi connectivity index (χ1) is 16.7. The fraction of sp³-hybridized carbons (Fsp3) is 0.115. The number of hydrogen-bond donors (Lipinski definition) is 1. The van der Waals surface area contributed by atoms with Gasteiger partial charge in [-0.15, -0.1) is 0 Å². The summed E-state index contributed by atoms with van der Waals surface area (Å²) < 4.78 is 0. The number of nitrogens with one attached hydrogen (secondary N) is 1. The van der Waals surface area contributed by atoms with Gasteiger partial charge in [0.15, 0.2) is 0 Å². The Morgan fingerprint density at radius 3 is 2.37 bits per heavy atom. The topological polar surface area (TPSA) is 69.7 Å². The van der Waals surface area contributed by atoms with Gasteiger partial charge in [0.2, 0.25) is 0 Å². The van der Waals surface area contributed by atoms with Crippen LogP contribution in [0.25, 0.3) is 0 Å². The van der Waals surface area contributed by atoms with Crippen molar-refractivity contribution in [2.24, 2.45) is 0 Å². The molecule has 0 spiro atoms. The van der Waals surface area contributed by atoms with Crippen LogP contribution < -0.4 is 15.1 Å². The normalized spacial score (nSPS) is 13.5. The number of anilines is 3. The van der Waals surface area contributed by atoms with Crippen LogP contribution in [0.15, 0.2) is 77.5 Å². The minimum absolute atomic E-state index is 0.0602. The van der Waals surface area contributed by atoms with E-state index in [1.807, 2.05) is 38.1 Å².